The standard InChI is InChI=1S/C17H17N3O2S/c1-12-10-13(2)20(19-12)15-7-5-6-14(11-15)16-8-3-4-9-17(16)23(18,21)22/h3-11H,1-2H3,(H2,18,21,22). The predicted molar refractivity (Wildman–Crippen MR) is 89.8 cm³/mol. The molecule has 0 bridgehead atoms. The molecule has 0 spiro atoms. The highest BCUT2D eigenvalue weighted by Crippen LogP contribution is 2.28. The van der Waals surface area contributed by atoms with Crippen LogP contribution < -0.4 is 5.14 Å². The zero-order chi connectivity index (χ0) is 16.6. The highest BCUT2D eigenvalue weighted by atomic mass is 32.2. The molecule has 23 heavy (non-hydrogen) atoms. The summed E-state index contributed by atoms with van der Waals surface area (Å²) in [4.78, 5) is 0.116. The smallest absolute Gasteiger partial charge is 0.238 e. The van der Waals surface area contributed by atoms with Crippen molar-refractivity contribution in [3.63, 3.8) is 0 Å². The molecule has 3 aromatic rings. The van der Waals surface area contributed by atoms with E-state index in [1.807, 2.05) is 48.9 Å². The SMILES string of the molecule is Cc1cc(C)n(-c2cccc(-c3ccccc3S(N)(=O)=O)c2)n1. The Morgan fingerprint density at radius 3 is 2.39 bits per heavy atom. The lowest BCUT2D eigenvalue weighted by Gasteiger charge is -2.10. The van der Waals surface area contributed by atoms with Crippen LogP contribution in [0.5, 0.6) is 0 Å². The molecule has 0 aliphatic heterocycles. The first-order valence-electron chi connectivity index (χ1n) is 7.12. The summed E-state index contributed by atoms with van der Waals surface area (Å²) in [6.07, 6.45) is 0. The molecule has 118 valence electrons. The van der Waals surface area contributed by atoms with Crippen molar-refractivity contribution in [3.05, 3.63) is 66.0 Å². The van der Waals surface area contributed by atoms with Gasteiger partial charge in [-0.15, -0.1) is 0 Å². The first-order valence-corrected chi connectivity index (χ1v) is 8.67. The third-order valence-electron chi connectivity index (χ3n) is 3.60. The van der Waals surface area contributed by atoms with Gasteiger partial charge in [-0.05, 0) is 43.7 Å². The van der Waals surface area contributed by atoms with Crippen molar-refractivity contribution in [2.45, 2.75) is 18.7 Å². The molecule has 5 nitrogen and oxygen atoms in total. The van der Waals surface area contributed by atoms with Crippen LogP contribution in [0.1, 0.15) is 11.4 Å². The molecule has 0 amide bonds. The molecule has 0 atom stereocenters. The maximum Gasteiger partial charge on any atom is 0.238 e. The molecular formula is C17H17N3O2S. The van der Waals surface area contributed by atoms with E-state index in [9.17, 15) is 8.42 Å². The van der Waals surface area contributed by atoms with Crippen LogP contribution in [-0.4, -0.2) is 18.2 Å². The molecule has 0 aliphatic rings. The van der Waals surface area contributed by atoms with Gasteiger partial charge in [0.2, 0.25) is 10.0 Å². The van der Waals surface area contributed by atoms with Gasteiger partial charge in [-0.25, -0.2) is 18.2 Å². The van der Waals surface area contributed by atoms with Crippen molar-refractivity contribution in [3.8, 4) is 16.8 Å². The van der Waals surface area contributed by atoms with Crippen molar-refractivity contribution in [1.82, 2.24) is 9.78 Å². The normalized spacial score (nSPS) is 11.6. The van der Waals surface area contributed by atoms with Crippen LogP contribution in [0.25, 0.3) is 16.8 Å². The molecule has 0 saturated carbocycles. The highest BCUT2D eigenvalue weighted by Gasteiger charge is 2.15. The zero-order valence-corrected chi connectivity index (χ0v) is 13.7. The van der Waals surface area contributed by atoms with Crippen molar-refractivity contribution in [2.75, 3.05) is 0 Å². The number of hydrogen-bond donors (Lipinski definition) is 1. The Labute approximate surface area is 135 Å². The van der Waals surface area contributed by atoms with E-state index in [-0.39, 0.29) is 4.90 Å². The summed E-state index contributed by atoms with van der Waals surface area (Å²) in [7, 11) is -3.79. The average Bonchev–Trinajstić information content (AvgIpc) is 2.85. The molecule has 3 rings (SSSR count). The van der Waals surface area contributed by atoms with Gasteiger partial charge in [0.1, 0.15) is 0 Å². The fourth-order valence-electron chi connectivity index (χ4n) is 2.65. The van der Waals surface area contributed by atoms with Gasteiger partial charge in [-0.3, -0.25) is 0 Å². The van der Waals surface area contributed by atoms with E-state index in [2.05, 4.69) is 5.10 Å². The van der Waals surface area contributed by atoms with Crippen LogP contribution in [0.15, 0.2) is 59.5 Å². The molecule has 1 heterocycles. The van der Waals surface area contributed by atoms with Crippen LogP contribution in [0.2, 0.25) is 0 Å². The van der Waals surface area contributed by atoms with Crippen LogP contribution in [0.4, 0.5) is 0 Å². The Morgan fingerprint density at radius 2 is 1.74 bits per heavy atom. The summed E-state index contributed by atoms with van der Waals surface area (Å²) >= 11 is 0. The van der Waals surface area contributed by atoms with E-state index in [0.29, 0.717) is 5.56 Å². The van der Waals surface area contributed by atoms with E-state index in [1.54, 1.807) is 18.2 Å². The number of aromatic nitrogens is 2. The van der Waals surface area contributed by atoms with Gasteiger partial charge in [-0.1, -0.05) is 30.3 Å². The maximum atomic E-state index is 11.8. The Kier molecular flexibility index (Phi) is 3.79. The lowest BCUT2D eigenvalue weighted by molar-refractivity contribution is 0.598. The van der Waals surface area contributed by atoms with Crippen molar-refractivity contribution >= 4 is 10.0 Å². The minimum atomic E-state index is -3.79. The quantitative estimate of drug-likeness (QED) is 0.803. The molecule has 1 aromatic heterocycles. The summed E-state index contributed by atoms with van der Waals surface area (Å²) in [5.74, 6) is 0. The van der Waals surface area contributed by atoms with E-state index in [0.717, 1.165) is 22.6 Å². The average molecular weight is 327 g/mol. The third-order valence-corrected chi connectivity index (χ3v) is 4.57. The Balaban J connectivity index is 2.17. The monoisotopic (exact) mass is 327 g/mol. The van der Waals surface area contributed by atoms with Crippen LogP contribution in [0, 0.1) is 13.8 Å². The second kappa shape index (κ2) is 5.64. The second-order valence-corrected chi connectivity index (χ2v) is 6.96. The van der Waals surface area contributed by atoms with Gasteiger partial charge in [0.25, 0.3) is 0 Å². The second-order valence-electron chi connectivity index (χ2n) is 5.43. The fraction of sp³-hybridized carbons (Fsp3) is 0.118. The van der Waals surface area contributed by atoms with Gasteiger partial charge in [-0.2, -0.15) is 5.10 Å². The van der Waals surface area contributed by atoms with E-state index in [4.69, 9.17) is 5.14 Å². The molecule has 2 aromatic carbocycles. The van der Waals surface area contributed by atoms with Crippen molar-refractivity contribution < 1.29 is 8.42 Å². The molecule has 0 saturated heterocycles. The minimum absolute atomic E-state index is 0.116. The van der Waals surface area contributed by atoms with Gasteiger partial charge in [0.05, 0.1) is 16.3 Å². The van der Waals surface area contributed by atoms with Gasteiger partial charge in [0.15, 0.2) is 0 Å². The van der Waals surface area contributed by atoms with E-state index < -0.39 is 10.0 Å². The number of nitrogens with zero attached hydrogens (tertiary/aromatic N) is 2. The Bertz CT molecular complexity index is 975. The summed E-state index contributed by atoms with van der Waals surface area (Å²) in [6, 6.07) is 16.3. The van der Waals surface area contributed by atoms with Gasteiger partial charge < -0.3 is 0 Å². The predicted octanol–water partition coefficient (Wildman–Crippen LogP) is 2.80. The number of benzene rings is 2. The molecule has 6 heteroatoms. The lowest BCUT2D eigenvalue weighted by Crippen LogP contribution is -2.13. The van der Waals surface area contributed by atoms with Crippen LogP contribution >= 0.6 is 0 Å². The van der Waals surface area contributed by atoms with Gasteiger partial charge >= 0.3 is 0 Å². The molecule has 0 aliphatic carbocycles. The molecule has 0 radical (unpaired) electrons. The number of sulfonamides is 1. The number of primary sulfonamides is 1. The third kappa shape index (κ3) is 3.04. The minimum Gasteiger partial charge on any atom is -0.238 e. The van der Waals surface area contributed by atoms with Crippen LogP contribution in [0.3, 0.4) is 0 Å². The topological polar surface area (TPSA) is 78.0 Å². The summed E-state index contributed by atoms with van der Waals surface area (Å²) in [5.41, 5.74) is 4.17. The fourth-order valence-corrected chi connectivity index (χ4v) is 3.41. The summed E-state index contributed by atoms with van der Waals surface area (Å²) in [5, 5.41) is 9.79. The lowest BCUT2D eigenvalue weighted by atomic mass is 10.1. The summed E-state index contributed by atoms with van der Waals surface area (Å²) in [6.45, 7) is 3.91. The molecular weight excluding hydrogens is 310 g/mol. The first kappa shape index (κ1) is 15.5. The van der Waals surface area contributed by atoms with E-state index in [1.165, 1.54) is 6.07 Å². The van der Waals surface area contributed by atoms with Crippen LogP contribution in [-0.2, 0) is 10.0 Å². The van der Waals surface area contributed by atoms with Crippen molar-refractivity contribution in [2.24, 2.45) is 5.14 Å². The van der Waals surface area contributed by atoms with Crippen molar-refractivity contribution in [1.29, 1.82) is 0 Å². The first-order chi connectivity index (χ1) is 10.9. The number of nitrogens with two attached hydrogens (primary N) is 1. The number of aryl methyl sites for hydroxylation is 2. The molecule has 0 unspecified atom stereocenters. The molecule has 2 N–H and O–H groups in total. The van der Waals surface area contributed by atoms with E-state index >= 15 is 0 Å². The highest BCUT2D eigenvalue weighted by molar-refractivity contribution is 7.89. The largest absolute Gasteiger partial charge is 0.238 e. The number of rotatable bonds is 3. The Hall–Kier alpha value is -2.44. The summed E-state index contributed by atoms with van der Waals surface area (Å²) < 4.78 is 25.4. The number of hydrogen-bond acceptors (Lipinski definition) is 3. The Morgan fingerprint density at radius 1 is 1.00 bits per heavy atom. The maximum absolute atomic E-state index is 11.8. The van der Waals surface area contributed by atoms with Gasteiger partial charge in [0, 0.05) is 11.3 Å². The zero-order valence-electron chi connectivity index (χ0n) is 12.9. The molecule has 0 fully saturated rings.